The number of halogens is 1. The number of Topliss-reactive ketones (excluding diaryl/α,β-unsaturated/α-hetero) is 1. The predicted octanol–water partition coefficient (Wildman–Crippen LogP) is 4.51. The van der Waals surface area contributed by atoms with E-state index in [1.54, 1.807) is 18.2 Å². The zero-order valence-corrected chi connectivity index (χ0v) is 11.5. The van der Waals surface area contributed by atoms with Crippen LogP contribution in [0.25, 0.3) is 0 Å². The summed E-state index contributed by atoms with van der Waals surface area (Å²) in [6.07, 6.45) is 0.432. The molecule has 0 unspecified atom stereocenters. The first-order valence-electron chi connectivity index (χ1n) is 6.20. The van der Waals surface area contributed by atoms with Gasteiger partial charge in [0.2, 0.25) is 0 Å². The molecule has 0 bridgehead atoms. The molecule has 3 heteroatoms. The van der Waals surface area contributed by atoms with E-state index >= 15 is 0 Å². The maximum absolute atomic E-state index is 11.7. The summed E-state index contributed by atoms with van der Waals surface area (Å²) in [6.45, 7) is 2.29. The smallest absolute Gasteiger partial charge is 0.164 e. The molecule has 2 rings (SSSR count). The third-order valence-corrected chi connectivity index (χ3v) is 3.14. The number of carbonyl (C=O) groups excluding carboxylic acids is 1. The fourth-order valence-corrected chi connectivity index (χ4v) is 1.96. The Morgan fingerprint density at radius 2 is 1.89 bits per heavy atom. The molecule has 0 heterocycles. The van der Waals surface area contributed by atoms with E-state index in [1.807, 2.05) is 37.3 Å². The number of carbonyl (C=O) groups is 1. The quantitative estimate of drug-likeness (QED) is 0.750. The van der Waals surface area contributed by atoms with E-state index < -0.39 is 0 Å². The fourth-order valence-electron chi connectivity index (χ4n) is 1.74. The molecule has 2 aromatic carbocycles. The summed E-state index contributed by atoms with van der Waals surface area (Å²) < 4.78 is 5.67. The molecule has 19 heavy (non-hydrogen) atoms. The van der Waals surface area contributed by atoms with E-state index in [4.69, 9.17) is 16.3 Å². The molecule has 0 fully saturated rings. The highest BCUT2D eigenvalue weighted by molar-refractivity contribution is 6.34. The summed E-state index contributed by atoms with van der Waals surface area (Å²) in [5.41, 5.74) is 1.61. The minimum Gasteiger partial charge on any atom is -0.489 e. The summed E-state index contributed by atoms with van der Waals surface area (Å²) in [7, 11) is 0. The van der Waals surface area contributed by atoms with E-state index in [9.17, 15) is 4.79 Å². The molecule has 0 atom stereocenters. The summed E-state index contributed by atoms with van der Waals surface area (Å²) in [5, 5.41) is 0.471. The lowest BCUT2D eigenvalue weighted by Gasteiger charge is -2.08. The number of benzene rings is 2. The van der Waals surface area contributed by atoms with Crippen LogP contribution < -0.4 is 4.74 Å². The highest BCUT2D eigenvalue weighted by Gasteiger charge is 2.09. The van der Waals surface area contributed by atoms with Gasteiger partial charge in [-0.25, -0.2) is 0 Å². The largest absolute Gasteiger partial charge is 0.489 e. The van der Waals surface area contributed by atoms with Crippen molar-refractivity contribution in [2.24, 2.45) is 0 Å². The second-order valence-electron chi connectivity index (χ2n) is 4.19. The van der Waals surface area contributed by atoms with Crippen LogP contribution in [-0.2, 0) is 6.61 Å². The lowest BCUT2D eigenvalue weighted by molar-refractivity contribution is 0.0988. The lowest BCUT2D eigenvalue weighted by Crippen LogP contribution is -2.00. The molecule has 0 saturated carbocycles. The average molecular weight is 275 g/mol. The second kappa shape index (κ2) is 6.39. The van der Waals surface area contributed by atoms with Crippen LogP contribution in [0.4, 0.5) is 0 Å². The highest BCUT2D eigenvalue weighted by Crippen LogP contribution is 2.24. The van der Waals surface area contributed by atoms with Gasteiger partial charge in [0, 0.05) is 12.0 Å². The Morgan fingerprint density at radius 3 is 2.58 bits per heavy atom. The van der Waals surface area contributed by atoms with E-state index in [0.29, 0.717) is 29.4 Å². The van der Waals surface area contributed by atoms with Crippen LogP contribution >= 0.6 is 11.6 Å². The Hall–Kier alpha value is -1.80. The van der Waals surface area contributed by atoms with Crippen molar-refractivity contribution in [3.8, 4) is 5.75 Å². The molecule has 98 valence electrons. The fraction of sp³-hybridized carbons (Fsp3) is 0.188. The van der Waals surface area contributed by atoms with Crippen molar-refractivity contribution in [2.75, 3.05) is 0 Å². The Bertz CT molecular complexity index is 564. The van der Waals surface area contributed by atoms with Gasteiger partial charge in [-0.1, -0.05) is 48.9 Å². The molecule has 0 radical (unpaired) electrons. The molecule has 0 saturated heterocycles. The molecule has 0 aliphatic rings. The van der Waals surface area contributed by atoms with Gasteiger partial charge in [0.15, 0.2) is 5.78 Å². The Morgan fingerprint density at radius 1 is 1.16 bits per heavy atom. The third kappa shape index (κ3) is 3.58. The molecule has 0 aliphatic heterocycles. The van der Waals surface area contributed by atoms with Gasteiger partial charge in [-0.3, -0.25) is 4.79 Å². The maximum Gasteiger partial charge on any atom is 0.164 e. The molecule has 0 spiro atoms. The molecule has 0 amide bonds. The van der Waals surface area contributed by atoms with Gasteiger partial charge in [-0.05, 0) is 23.8 Å². The van der Waals surface area contributed by atoms with Crippen molar-refractivity contribution in [3.05, 3.63) is 64.7 Å². The second-order valence-corrected chi connectivity index (χ2v) is 4.60. The molecule has 0 aliphatic carbocycles. The van der Waals surface area contributed by atoms with Gasteiger partial charge in [-0.2, -0.15) is 0 Å². The molecule has 0 N–H and O–H groups in total. The van der Waals surface area contributed by atoms with Crippen LogP contribution in [0.5, 0.6) is 5.75 Å². The van der Waals surface area contributed by atoms with Gasteiger partial charge >= 0.3 is 0 Å². The number of ether oxygens (including phenoxy) is 1. The maximum atomic E-state index is 11.7. The highest BCUT2D eigenvalue weighted by atomic mass is 35.5. The standard InChI is InChI=1S/C16H15ClO2/c1-2-16(18)14-10-13(8-9-15(14)17)19-11-12-6-4-3-5-7-12/h3-10H,2,11H2,1H3. The number of hydrogen-bond acceptors (Lipinski definition) is 2. The monoisotopic (exact) mass is 274 g/mol. The minimum atomic E-state index is 0.0233. The lowest BCUT2D eigenvalue weighted by atomic mass is 10.1. The van der Waals surface area contributed by atoms with Gasteiger partial charge in [-0.15, -0.1) is 0 Å². The predicted molar refractivity (Wildman–Crippen MR) is 76.8 cm³/mol. The van der Waals surface area contributed by atoms with E-state index in [0.717, 1.165) is 5.56 Å². The molecular formula is C16H15ClO2. The Balaban J connectivity index is 2.11. The first-order chi connectivity index (χ1) is 9.20. The molecular weight excluding hydrogens is 260 g/mol. The SMILES string of the molecule is CCC(=O)c1cc(OCc2ccccc2)ccc1Cl. The number of rotatable bonds is 5. The van der Waals surface area contributed by atoms with E-state index in [2.05, 4.69) is 0 Å². The van der Waals surface area contributed by atoms with Crippen LogP contribution in [-0.4, -0.2) is 5.78 Å². The van der Waals surface area contributed by atoms with Crippen molar-refractivity contribution < 1.29 is 9.53 Å². The minimum absolute atomic E-state index is 0.0233. The third-order valence-electron chi connectivity index (χ3n) is 2.81. The van der Waals surface area contributed by atoms with E-state index in [-0.39, 0.29) is 5.78 Å². The van der Waals surface area contributed by atoms with Crippen molar-refractivity contribution >= 4 is 17.4 Å². The van der Waals surface area contributed by atoms with E-state index in [1.165, 1.54) is 0 Å². The summed E-state index contributed by atoms with van der Waals surface area (Å²) in [5.74, 6) is 0.681. The average Bonchev–Trinajstić information content (AvgIpc) is 2.46. The normalized spacial score (nSPS) is 10.2. The van der Waals surface area contributed by atoms with Crippen molar-refractivity contribution in [3.63, 3.8) is 0 Å². The zero-order chi connectivity index (χ0) is 13.7. The van der Waals surface area contributed by atoms with Gasteiger partial charge in [0.1, 0.15) is 12.4 Å². The first-order valence-corrected chi connectivity index (χ1v) is 6.58. The van der Waals surface area contributed by atoms with Crippen LogP contribution in [0.2, 0.25) is 5.02 Å². The van der Waals surface area contributed by atoms with Crippen molar-refractivity contribution in [2.45, 2.75) is 20.0 Å². The topological polar surface area (TPSA) is 26.3 Å². The molecule has 2 aromatic rings. The molecule has 2 nitrogen and oxygen atoms in total. The van der Waals surface area contributed by atoms with Gasteiger partial charge in [0.05, 0.1) is 5.02 Å². The van der Waals surface area contributed by atoms with Crippen LogP contribution in [0.3, 0.4) is 0 Å². The summed E-state index contributed by atoms with van der Waals surface area (Å²) in [6, 6.07) is 15.1. The van der Waals surface area contributed by atoms with Gasteiger partial charge < -0.3 is 4.74 Å². The molecule has 0 aromatic heterocycles. The van der Waals surface area contributed by atoms with Crippen LogP contribution in [0.15, 0.2) is 48.5 Å². The Labute approximate surface area is 118 Å². The van der Waals surface area contributed by atoms with Crippen molar-refractivity contribution in [1.82, 2.24) is 0 Å². The number of ketones is 1. The Kier molecular flexibility index (Phi) is 4.58. The number of hydrogen-bond donors (Lipinski definition) is 0. The summed E-state index contributed by atoms with van der Waals surface area (Å²) in [4.78, 5) is 11.7. The van der Waals surface area contributed by atoms with Crippen LogP contribution in [0.1, 0.15) is 29.3 Å². The van der Waals surface area contributed by atoms with Gasteiger partial charge in [0.25, 0.3) is 0 Å². The zero-order valence-electron chi connectivity index (χ0n) is 10.7. The summed E-state index contributed by atoms with van der Waals surface area (Å²) >= 11 is 6.01. The van der Waals surface area contributed by atoms with Crippen LogP contribution in [0, 0.1) is 0 Å². The van der Waals surface area contributed by atoms with Crippen molar-refractivity contribution in [1.29, 1.82) is 0 Å². The first kappa shape index (κ1) is 13.6.